The summed E-state index contributed by atoms with van der Waals surface area (Å²) in [5.41, 5.74) is 1.87. The maximum Gasteiger partial charge on any atom is 0.100 e. The molecule has 0 aliphatic carbocycles. The van der Waals surface area contributed by atoms with E-state index in [2.05, 4.69) is 36.3 Å². The van der Waals surface area contributed by atoms with Crippen LogP contribution < -0.4 is 5.32 Å². The van der Waals surface area contributed by atoms with Gasteiger partial charge in [-0.2, -0.15) is 5.26 Å². The summed E-state index contributed by atoms with van der Waals surface area (Å²) in [5, 5.41) is 12.7. The Morgan fingerprint density at radius 1 is 1.24 bits per heavy atom. The van der Waals surface area contributed by atoms with E-state index in [1.54, 1.807) is 24.2 Å². The normalized spacial score (nSPS) is 10.6. The van der Waals surface area contributed by atoms with E-state index in [0.717, 1.165) is 34.0 Å². The van der Waals surface area contributed by atoms with Crippen LogP contribution in [-0.4, -0.2) is 11.5 Å². The number of aromatic nitrogens is 1. The topological polar surface area (TPSA) is 48.7 Å². The quantitative estimate of drug-likeness (QED) is 0.880. The number of hydrogen-bond donors (Lipinski definition) is 1. The number of benzene rings is 1. The molecule has 0 amide bonds. The van der Waals surface area contributed by atoms with Gasteiger partial charge in [-0.05, 0) is 42.3 Å². The molecule has 0 unspecified atom stereocenters. The highest BCUT2D eigenvalue weighted by atomic mass is 32.2. The monoisotopic (exact) mass is 297 g/mol. The van der Waals surface area contributed by atoms with E-state index < -0.39 is 0 Å². The van der Waals surface area contributed by atoms with Gasteiger partial charge in [-0.25, -0.2) is 0 Å². The Balaban J connectivity index is 2.08. The van der Waals surface area contributed by atoms with Gasteiger partial charge in [-0.15, -0.1) is 0 Å². The molecule has 0 aliphatic rings. The zero-order valence-electron chi connectivity index (χ0n) is 12.3. The van der Waals surface area contributed by atoms with Gasteiger partial charge < -0.3 is 5.32 Å². The number of hydrogen-bond acceptors (Lipinski definition) is 4. The van der Waals surface area contributed by atoms with Crippen LogP contribution in [0.4, 0.5) is 0 Å². The Hall–Kier alpha value is -1.83. The molecule has 3 nitrogen and oxygen atoms in total. The molecule has 0 aliphatic heterocycles. The fourth-order valence-corrected chi connectivity index (χ4v) is 2.76. The Kier molecular flexibility index (Phi) is 5.79. The second-order valence-corrected chi connectivity index (χ2v) is 6.37. The molecule has 2 rings (SSSR count). The van der Waals surface area contributed by atoms with Crippen LogP contribution in [0, 0.1) is 17.2 Å². The van der Waals surface area contributed by atoms with Crippen LogP contribution in [-0.2, 0) is 6.54 Å². The molecule has 108 valence electrons. The average Bonchev–Trinajstić information content (AvgIpc) is 2.49. The van der Waals surface area contributed by atoms with E-state index in [1.807, 2.05) is 24.3 Å². The van der Waals surface area contributed by atoms with Gasteiger partial charge >= 0.3 is 0 Å². The predicted molar refractivity (Wildman–Crippen MR) is 86.1 cm³/mol. The lowest BCUT2D eigenvalue weighted by atomic mass is 10.1. The van der Waals surface area contributed by atoms with Gasteiger partial charge in [0.05, 0.1) is 5.56 Å². The summed E-state index contributed by atoms with van der Waals surface area (Å²) in [6.07, 6.45) is 3.52. The van der Waals surface area contributed by atoms with Crippen molar-refractivity contribution in [1.82, 2.24) is 10.3 Å². The Labute approximate surface area is 130 Å². The summed E-state index contributed by atoms with van der Waals surface area (Å²) in [5.74, 6) is 0.627. The molecular formula is C17H19N3S. The third-order valence-corrected chi connectivity index (χ3v) is 4.01. The average molecular weight is 297 g/mol. The Morgan fingerprint density at radius 3 is 2.67 bits per heavy atom. The second kappa shape index (κ2) is 7.82. The van der Waals surface area contributed by atoms with Crippen LogP contribution in [0.25, 0.3) is 0 Å². The third-order valence-electron chi connectivity index (χ3n) is 2.92. The van der Waals surface area contributed by atoms with Crippen molar-refractivity contribution in [2.45, 2.75) is 30.2 Å². The zero-order chi connectivity index (χ0) is 15.1. The van der Waals surface area contributed by atoms with E-state index in [4.69, 9.17) is 0 Å². The van der Waals surface area contributed by atoms with Crippen LogP contribution in [0.1, 0.15) is 25.0 Å². The fraction of sp³-hybridized carbons (Fsp3) is 0.294. The van der Waals surface area contributed by atoms with E-state index in [0.29, 0.717) is 5.92 Å². The van der Waals surface area contributed by atoms with Crippen LogP contribution in [0.3, 0.4) is 0 Å². The zero-order valence-corrected chi connectivity index (χ0v) is 13.2. The van der Waals surface area contributed by atoms with E-state index >= 15 is 0 Å². The molecule has 0 saturated carbocycles. The molecule has 4 heteroatoms. The first-order valence-corrected chi connectivity index (χ1v) is 7.82. The summed E-state index contributed by atoms with van der Waals surface area (Å²) in [6.45, 7) is 6.15. The van der Waals surface area contributed by atoms with Crippen molar-refractivity contribution < 1.29 is 0 Å². The van der Waals surface area contributed by atoms with Crippen molar-refractivity contribution in [3.63, 3.8) is 0 Å². The summed E-state index contributed by atoms with van der Waals surface area (Å²) < 4.78 is 0. The summed E-state index contributed by atoms with van der Waals surface area (Å²) >= 11 is 1.59. The molecule has 0 saturated heterocycles. The second-order valence-electron chi connectivity index (χ2n) is 5.25. The molecule has 0 spiro atoms. The van der Waals surface area contributed by atoms with E-state index in [1.165, 1.54) is 0 Å². The molecule has 2 aromatic rings. The fourth-order valence-electron chi connectivity index (χ4n) is 1.90. The molecule has 0 radical (unpaired) electrons. The van der Waals surface area contributed by atoms with Crippen molar-refractivity contribution in [2.24, 2.45) is 5.92 Å². The smallest absolute Gasteiger partial charge is 0.100 e. The Bertz CT molecular complexity index is 618. The van der Waals surface area contributed by atoms with Gasteiger partial charge in [0.15, 0.2) is 0 Å². The van der Waals surface area contributed by atoms with E-state index in [9.17, 15) is 5.26 Å². The molecule has 1 aromatic carbocycles. The molecule has 21 heavy (non-hydrogen) atoms. The van der Waals surface area contributed by atoms with Crippen molar-refractivity contribution in [2.75, 3.05) is 6.54 Å². The maximum absolute atomic E-state index is 9.34. The highest BCUT2D eigenvalue weighted by Gasteiger charge is 2.06. The highest BCUT2D eigenvalue weighted by Crippen LogP contribution is 2.30. The first-order valence-electron chi connectivity index (χ1n) is 7.00. The van der Waals surface area contributed by atoms with Gasteiger partial charge in [-0.3, -0.25) is 4.98 Å². The number of nitriles is 1. The largest absolute Gasteiger partial charge is 0.312 e. The Morgan fingerprint density at radius 2 is 2.00 bits per heavy atom. The van der Waals surface area contributed by atoms with Gasteiger partial charge in [0, 0.05) is 28.7 Å². The molecule has 1 N–H and O–H groups in total. The van der Waals surface area contributed by atoms with Crippen molar-refractivity contribution in [3.8, 4) is 6.07 Å². The molecule has 0 fully saturated rings. The van der Waals surface area contributed by atoms with Crippen LogP contribution >= 0.6 is 11.8 Å². The lowest BCUT2D eigenvalue weighted by Crippen LogP contribution is -2.18. The lowest BCUT2D eigenvalue weighted by Gasteiger charge is -2.09. The van der Waals surface area contributed by atoms with Crippen LogP contribution in [0.5, 0.6) is 0 Å². The molecule has 1 heterocycles. The maximum atomic E-state index is 9.34. The first kappa shape index (κ1) is 15.6. The van der Waals surface area contributed by atoms with Crippen molar-refractivity contribution in [3.05, 3.63) is 53.9 Å². The van der Waals surface area contributed by atoms with Crippen LogP contribution in [0.15, 0.2) is 52.5 Å². The van der Waals surface area contributed by atoms with Gasteiger partial charge in [-0.1, -0.05) is 31.7 Å². The lowest BCUT2D eigenvalue weighted by molar-refractivity contribution is 0.552. The van der Waals surface area contributed by atoms with Crippen LogP contribution in [0.2, 0.25) is 0 Å². The molecule has 0 atom stereocenters. The van der Waals surface area contributed by atoms with Gasteiger partial charge in [0.2, 0.25) is 0 Å². The molecule has 0 bridgehead atoms. The van der Waals surface area contributed by atoms with Crippen molar-refractivity contribution in [1.29, 1.82) is 5.26 Å². The van der Waals surface area contributed by atoms with E-state index in [-0.39, 0.29) is 0 Å². The molecule has 1 aromatic heterocycles. The minimum absolute atomic E-state index is 0.627. The van der Waals surface area contributed by atoms with Crippen molar-refractivity contribution >= 4 is 11.8 Å². The highest BCUT2D eigenvalue weighted by molar-refractivity contribution is 7.99. The standard InChI is InChI=1S/C17H19N3S/c1-13(2)11-20-12-14-3-4-17(15(9-14)10-18)21-16-5-7-19-8-6-16/h3-9,13,20H,11-12H2,1-2H3. The third kappa shape index (κ3) is 4.89. The van der Waals surface area contributed by atoms with Gasteiger partial charge in [0.25, 0.3) is 0 Å². The minimum Gasteiger partial charge on any atom is -0.312 e. The number of nitrogens with one attached hydrogen (secondary N) is 1. The summed E-state index contributed by atoms with van der Waals surface area (Å²) in [4.78, 5) is 6.08. The summed E-state index contributed by atoms with van der Waals surface area (Å²) in [7, 11) is 0. The number of pyridine rings is 1. The number of rotatable bonds is 6. The minimum atomic E-state index is 0.627. The summed E-state index contributed by atoms with van der Waals surface area (Å²) in [6, 6.07) is 12.3. The SMILES string of the molecule is CC(C)CNCc1ccc(Sc2ccncc2)c(C#N)c1. The first-order chi connectivity index (χ1) is 10.2. The predicted octanol–water partition coefficient (Wildman–Crippen LogP) is 3.85. The van der Waals surface area contributed by atoms with Gasteiger partial charge in [0.1, 0.15) is 6.07 Å². The molecular weight excluding hydrogens is 278 g/mol. The number of nitrogens with zero attached hydrogens (tertiary/aromatic N) is 2.